The van der Waals surface area contributed by atoms with Crippen LogP contribution in [0.4, 0.5) is 11.5 Å². The molecule has 0 radical (unpaired) electrons. The van der Waals surface area contributed by atoms with Crippen LogP contribution in [0.25, 0.3) is 16.9 Å². The normalized spacial score (nSPS) is 11.5. The van der Waals surface area contributed by atoms with E-state index in [9.17, 15) is 0 Å². The van der Waals surface area contributed by atoms with Crippen LogP contribution >= 0.6 is 0 Å². The van der Waals surface area contributed by atoms with Gasteiger partial charge in [-0.2, -0.15) is 0 Å². The molecule has 4 rings (SSSR count). The summed E-state index contributed by atoms with van der Waals surface area (Å²) < 4.78 is 1.98. The Hall–Kier alpha value is -3.27. The van der Waals surface area contributed by atoms with E-state index in [4.69, 9.17) is 4.98 Å². The maximum absolute atomic E-state index is 4.83. The summed E-state index contributed by atoms with van der Waals surface area (Å²) in [4.78, 5) is 4.83. The molecule has 0 saturated carbocycles. The molecule has 2 aromatic heterocycles. The largest absolute Gasteiger partial charge is 0.283 e. The molecule has 0 aliphatic heterocycles. The first-order valence-electron chi connectivity index (χ1n) is 8.65. The van der Waals surface area contributed by atoms with Gasteiger partial charge in [-0.05, 0) is 56.2 Å². The number of azo groups is 1. The van der Waals surface area contributed by atoms with Crippen LogP contribution in [-0.2, 0) is 0 Å². The fourth-order valence-corrected chi connectivity index (χ4v) is 3.03. The Morgan fingerprint density at radius 1 is 0.808 bits per heavy atom. The molecule has 128 valence electrons. The molecule has 0 N–H and O–H groups in total. The third-order valence-corrected chi connectivity index (χ3v) is 4.52. The highest BCUT2D eigenvalue weighted by Gasteiger charge is 2.15. The molecule has 4 heteroatoms. The van der Waals surface area contributed by atoms with E-state index in [1.54, 1.807) is 0 Å². The zero-order chi connectivity index (χ0) is 18.1. The number of hydrogen-bond donors (Lipinski definition) is 0. The third-order valence-electron chi connectivity index (χ3n) is 4.52. The van der Waals surface area contributed by atoms with Crippen molar-refractivity contribution in [1.29, 1.82) is 0 Å². The van der Waals surface area contributed by atoms with Crippen LogP contribution in [-0.4, -0.2) is 9.38 Å². The standard InChI is InChI=1S/C22H20N4/c1-15-11-12-16(2)18(14-15)21-22(26-13-7-6-10-20(26)23-21)25-24-19-9-5-4-8-17(19)3/h4-14H,1-3H3. The minimum Gasteiger partial charge on any atom is -0.283 e. The highest BCUT2D eigenvalue weighted by Crippen LogP contribution is 2.34. The van der Waals surface area contributed by atoms with Gasteiger partial charge in [0.05, 0.1) is 5.69 Å². The van der Waals surface area contributed by atoms with Crippen LogP contribution in [0, 0.1) is 20.8 Å². The van der Waals surface area contributed by atoms with Crippen molar-refractivity contribution in [2.24, 2.45) is 10.2 Å². The number of fused-ring (bicyclic) bond motifs is 1. The van der Waals surface area contributed by atoms with E-state index in [1.807, 2.05) is 60.0 Å². The lowest BCUT2D eigenvalue weighted by atomic mass is 10.0. The van der Waals surface area contributed by atoms with Crippen molar-refractivity contribution in [3.8, 4) is 11.3 Å². The lowest BCUT2D eigenvalue weighted by Gasteiger charge is -2.05. The summed E-state index contributed by atoms with van der Waals surface area (Å²) >= 11 is 0. The number of imidazole rings is 1. The van der Waals surface area contributed by atoms with Crippen LogP contribution < -0.4 is 0 Å². The molecule has 4 nitrogen and oxygen atoms in total. The summed E-state index contributed by atoms with van der Waals surface area (Å²) in [5, 5.41) is 9.10. The van der Waals surface area contributed by atoms with Crippen molar-refractivity contribution in [3.63, 3.8) is 0 Å². The maximum Gasteiger partial charge on any atom is 0.187 e. The fourth-order valence-electron chi connectivity index (χ4n) is 3.03. The van der Waals surface area contributed by atoms with E-state index >= 15 is 0 Å². The molecule has 0 aliphatic carbocycles. The highest BCUT2D eigenvalue weighted by molar-refractivity contribution is 5.77. The first-order chi connectivity index (χ1) is 12.6. The van der Waals surface area contributed by atoms with Gasteiger partial charge in [-0.15, -0.1) is 10.2 Å². The summed E-state index contributed by atoms with van der Waals surface area (Å²) in [7, 11) is 0. The van der Waals surface area contributed by atoms with Crippen LogP contribution in [0.2, 0.25) is 0 Å². The Balaban J connectivity index is 1.93. The first kappa shape index (κ1) is 16.2. The molecule has 0 fully saturated rings. The van der Waals surface area contributed by atoms with E-state index in [-0.39, 0.29) is 0 Å². The monoisotopic (exact) mass is 340 g/mol. The quantitative estimate of drug-likeness (QED) is 0.401. The SMILES string of the molecule is Cc1ccc(C)c(-c2nc3ccccn3c2N=Nc2ccccc2C)c1. The number of aryl methyl sites for hydroxylation is 3. The van der Waals surface area contributed by atoms with E-state index in [2.05, 4.69) is 42.3 Å². The molecule has 0 bridgehead atoms. The van der Waals surface area contributed by atoms with Gasteiger partial charge >= 0.3 is 0 Å². The molecule has 0 atom stereocenters. The zero-order valence-corrected chi connectivity index (χ0v) is 15.1. The van der Waals surface area contributed by atoms with Crippen molar-refractivity contribution in [1.82, 2.24) is 9.38 Å². The Morgan fingerprint density at radius 3 is 2.46 bits per heavy atom. The number of hydrogen-bond acceptors (Lipinski definition) is 3. The van der Waals surface area contributed by atoms with E-state index in [0.717, 1.165) is 34.0 Å². The summed E-state index contributed by atoms with van der Waals surface area (Å²) in [6.45, 7) is 6.22. The minimum absolute atomic E-state index is 0.748. The Morgan fingerprint density at radius 2 is 1.62 bits per heavy atom. The van der Waals surface area contributed by atoms with Gasteiger partial charge < -0.3 is 0 Å². The number of pyridine rings is 1. The van der Waals surface area contributed by atoms with Gasteiger partial charge in [0.25, 0.3) is 0 Å². The van der Waals surface area contributed by atoms with Crippen LogP contribution in [0.3, 0.4) is 0 Å². The fraction of sp³-hybridized carbons (Fsp3) is 0.136. The molecular formula is C22H20N4. The average molecular weight is 340 g/mol. The van der Waals surface area contributed by atoms with E-state index in [1.165, 1.54) is 11.1 Å². The van der Waals surface area contributed by atoms with Gasteiger partial charge in [-0.1, -0.05) is 42.0 Å². The smallest absolute Gasteiger partial charge is 0.187 e. The van der Waals surface area contributed by atoms with Gasteiger partial charge in [-0.3, -0.25) is 4.40 Å². The van der Waals surface area contributed by atoms with Crippen LogP contribution in [0.15, 0.2) is 77.1 Å². The first-order valence-corrected chi connectivity index (χ1v) is 8.65. The predicted octanol–water partition coefficient (Wildman–Crippen LogP) is 6.34. The third kappa shape index (κ3) is 2.90. The van der Waals surface area contributed by atoms with Gasteiger partial charge in [0.2, 0.25) is 0 Å². The minimum atomic E-state index is 0.748. The van der Waals surface area contributed by atoms with E-state index in [0.29, 0.717) is 0 Å². The molecular weight excluding hydrogens is 320 g/mol. The van der Waals surface area contributed by atoms with Crippen LogP contribution in [0.1, 0.15) is 16.7 Å². The second-order valence-corrected chi connectivity index (χ2v) is 6.52. The second-order valence-electron chi connectivity index (χ2n) is 6.52. The topological polar surface area (TPSA) is 42.0 Å². The van der Waals surface area contributed by atoms with Crippen molar-refractivity contribution in [3.05, 3.63) is 83.6 Å². The molecule has 4 aromatic rings. The van der Waals surface area contributed by atoms with Gasteiger partial charge in [0.15, 0.2) is 5.82 Å². The molecule has 0 saturated heterocycles. The molecule has 0 spiro atoms. The van der Waals surface area contributed by atoms with E-state index < -0.39 is 0 Å². The Kier molecular flexibility index (Phi) is 4.09. The lowest BCUT2D eigenvalue weighted by molar-refractivity contribution is 1.10. The Bertz CT molecular complexity index is 1120. The second kappa shape index (κ2) is 6.56. The number of nitrogens with zero attached hydrogens (tertiary/aromatic N) is 4. The van der Waals surface area contributed by atoms with Gasteiger partial charge in [-0.25, -0.2) is 4.98 Å². The Labute approximate surface area is 152 Å². The van der Waals surface area contributed by atoms with Crippen molar-refractivity contribution in [2.45, 2.75) is 20.8 Å². The van der Waals surface area contributed by atoms with Gasteiger partial charge in [0.1, 0.15) is 11.3 Å². The number of rotatable bonds is 3. The molecule has 0 amide bonds. The number of aromatic nitrogens is 2. The summed E-state index contributed by atoms with van der Waals surface area (Å²) in [6, 6.07) is 20.3. The molecule has 26 heavy (non-hydrogen) atoms. The summed E-state index contributed by atoms with van der Waals surface area (Å²) in [5.41, 5.74) is 7.14. The zero-order valence-electron chi connectivity index (χ0n) is 15.1. The summed E-state index contributed by atoms with van der Waals surface area (Å²) in [5.74, 6) is 0.748. The number of benzene rings is 2. The average Bonchev–Trinajstić information content (AvgIpc) is 3.01. The molecule has 0 unspecified atom stereocenters. The predicted molar refractivity (Wildman–Crippen MR) is 105 cm³/mol. The molecule has 2 aromatic carbocycles. The van der Waals surface area contributed by atoms with Crippen LogP contribution in [0.5, 0.6) is 0 Å². The highest BCUT2D eigenvalue weighted by atomic mass is 15.2. The maximum atomic E-state index is 4.83. The van der Waals surface area contributed by atoms with Crippen molar-refractivity contribution in [2.75, 3.05) is 0 Å². The van der Waals surface area contributed by atoms with Crippen molar-refractivity contribution < 1.29 is 0 Å². The van der Waals surface area contributed by atoms with Gasteiger partial charge in [0, 0.05) is 11.8 Å². The lowest BCUT2D eigenvalue weighted by Crippen LogP contribution is -1.86. The summed E-state index contributed by atoms with van der Waals surface area (Å²) in [6.07, 6.45) is 1.98. The molecule has 0 aliphatic rings. The molecule has 2 heterocycles. The van der Waals surface area contributed by atoms with Crippen molar-refractivity contribution >= 4 is 17.2 Å².